The number of hydrogen-bond acceptors (Lipinski definition) is 4. The highest BCUT2D eigenvalue weighted by Crippen LogP contribution is 2.30. The molecule has 0 aromatic heterocycles. The number of nitrogens with zero attached hydrogens (tertiary/aromatic N) is 2. The average Bonchev–Trinajstić information content (AvgIpc) is 2.92. The number of amides is 2. The molecule has 1 aliphatic heterocycles. The molecule has 9 heteroatoms. The number of benzene rings is 3. The van der Waals surface area contributed by atoms with Gasteiger partial charge in [0.05, 0.1) is 6.54 Å². The fourth-order valence-electron chi connectivity index (χ4n) is 5.24. The largest absolute Gasteiger partial charge is 0.368 e. The van der Waals surface area contributed by atoms with Gasteiger partial charge in [-0.15, -0.1) is 0 Å². The third-order valence-electron chi connectivity index (χ3n) is 7.49. The minimum Gasteiger partial charge on any atom is -0.368 e. The zero-order chi connectivity index (χ0) is 28.6. The normalized spacial score (nSPS) is 16.3. The van der Waals surface area contributed by atoms with E-state index in [0.29, 0.717) is 25.3 Å². The van der Waals surface area contributed by atoms with Gasteiger partial charge in [-0.25, -0.2) is 13.2 Å². The molecule has 3 aromatic carbocycles. The number of primary amides is 1. The van der Waals surface area contributed by atoms with Crippen molar-refractivity contribution in [2.75, 3.05) is 38.0 Å². The first-order chi connectivity index (χ1) is 19.2. The van der Waals surface area contributed by atoms with E-state index < -0.39 is 17.8 Å². The van der Waals surface area contributed by atoms with Crippen LogP contribution in [-0.4, -0.2) is 60.4 Å². The lowest BCUT2D eigenvalue weighted by Crippen LogP contribution is -2.59. The number of carbonyl (C=O) groups is 2. The third-order valence-corrected chi connectivity index (χ3v) is 7.49. The number of halogens is 3. The van der Waals surface area contributed by atoms with Crippen molar-refractivity contribution in [3.63, 3.8) is 0 Å². The van der Waals surface area contributed by atoms with Gasteiger partial charge in [0.1, 0.15) is 23.5 Å². The Labute approximate surface area is 233 Å². The SMILES string of the molecule is Cc1ccc(F)cc1NC(=O)CN1CCN(CCCCC(c2ccc(F)cc2)c2ccc(F)cc2)CC1C(N)=O. The second kappa shape index (κ2) is 13.6. The topological polar surface area (TPSA) is 78.7 Å². The van der Waals surface area contributed by atoms with Gasteiger partial charge in [-0.2, -0.15) is 0 Å². The zero-order valence-corrected chi connectivity index (χ0v) is 22.6. The molecule has 212 valence electrons. The molecule has 0 aliphatic carbocycles. The van der Waals surface area contributed by atoms with E-state index in [1.165, 1.54) is 36.4 Å². The van der Waals surface area contributed by atoms with Gasteiger partial charge in [0.25, 0.3) is 0 Å². The summed E-state index contributed by atoms with van der Waals surface area (Å²) in [4.78, 5) is 28.8. The number of hydrogen-bond donors (Lipinski definition) is 2. The summed E-state index contributed by atoms with van der Waals surface area (Å²) in [5, 5.41) is 2.73. The number of anilines is 1. The number of nitrogens with one attached hydrogen (secondary N) is 1. The van der Waals surface area contributed by atoms with Gasteiger partial charge in [0, 0.05) is 31.2 Å². The lowest BCUT2D eigenvalue weighted by molar-refractivity contribution is -0.127. The van der Waals surface area contributed by atoms with Crippen LogP contribution in [0.4, 0.5) is 18.9 Å². The lowest BCUT2D eigenvalue weighted by Gasteiger charge is -2.39. The van der Waals surface area contributed by atoms with E-state index in [9.17, 15) is 22.8 Å². The number of nitrogens with two attached hydrogens (primary N) is 1. The highest BCUT2D eigenvalue weighted by atomic mass is 19.1. The van der Waals surface area contributed by atoms with E-state index in [1.54, 1.807) is 42.2 Å². The van der Waals surface area contributed by atoms with Crippen LogP contribution in [0.3, 0.4) is 0 Å². The van der Waals surface area contributed by atoms with Crippen LogP contribution in [0.25, 0.3) is 0 Å². The second-order valence-electron chi connectivity index (χ2n) is 10.3. The fourth-order valence-corrected chi connectivity index (χ4v) is 5.24. The lowest BCUT2D eigenvalue weighted by atomic mass is 9.87. The summed E-state index contributed by atoms with van der Waals surface area (Å²) in [5.41, 5.74) is 8.79. The Hall–Kier alpha value is -3.69. The van der Waals surface area contributed by atoms with Crippen LogP contribution < -0.4 is 11.1 Å². The second-order valence-corrected chi connectivity index (χ2v) is 10.3. The summed E-state index contributed by atoms with van der Waals surface area (Å²) in [6.45, 7) is 4.11. The number of rotatable bonds is 11. The van der Waals surface area contributed by atoms with Crippen molar-refractivity contribution in [2.45, 2.75) is 38.1 Å². The average molecular weight is 553 g/mol. The van der Waals surface area contributed by atoms with Crippen molar-refractivity contribution in [3.8, 4) is 0 Å². The molecule has 3 aromatic rings. The van der Waals surface area contributed by atoms with Gasteiger partial charge in [0.2, 0.25) is 11.8 Å². The van der Waals surface area contributed by atoms with E-state index in [0.717, 1.165) is 42.5 Å². The molecule has 1 saturated heterocycles. The molecule has 0 spiro atoms. The predicted molar refractivity (Wildman–Crippen MR) is 149 cm³/mol. The van der Waals surface area contributed by atoms with Crippen LogP contribution in [0.5, 0.6) is 0 Å². The number of aryl methyl sites for hydroxylation is 1. The fraction of sp³-hybridized carbons (Fsp3) is 0.355. The summed E-state index contributed by atoms with van der Waals surface area (Å²) in [5.74, 6) is -1.85. The quantitative estimate of drug-likeness (QED) is 0.334. The molecule has 1 heterocycles. The monoisotopic (exact) mass is 552 g/mol. The minimum atomic E-state index is -0.612. The summed E-state index contributed by atoms with van der Waals surface area (Å²) < 4.78 is 40.6. The first-order valence-corrected chi connectivity index (χ1v) is 13.5. The summed E-state index contributed by atoms with van der Waals surface area (Å²) in [6.07, 6.45) is 2.54. The van der Waals surface area contributed by atoms with Crippen molar-refractivity contribution in [1.82, 2.24) is 9.80 Å². The van der Waals surface area contributed by atoms with Crippen molar-refractivity contribution < 1.29 is 22.8 Å². The minimum absolute atomic E-state index is 0.0108. The summed E-state index contributed by atoms with van der Waals surface area (Å²) >= 11 is 0. The molecule has 0 bridgehead atoms. The van der Waals surface area contributed by atoms with Crippen LogP contribution in [0, 0.1) is 24.4 Å². The molecule has 3 N–H and O–H groups in total. The Morgan fingerprint density at radius 2 is 1.50 bits per heavy atom. The highest BCUT2D eigenvalue weighted by molar-refractivity contribution is 5.93. The number of carbonyl (C=O) groups excluding carboxylic acids is 2. The van der Waals surface area contributed by atoms with Crippen LogP contribution in [-0.2, 0) is 9.59 Å². The van der Waals surface area contributed by atoms with Gasteiger partial charge < -0.3 is 11.1 Å². The van der Waals surface area contributed by atoms with E-state index in [4.69, 9.17) is 5.73 Å². The molecule has 1 aliphatic rings. The van der Waals surface area contributed by atoms with E-state index in [-0.39, 0.29) is 30.0 Å². The van der Waals surface area contributed by atoms with Crippen LogP contribution >= 0.6 is 0 Å². The standard InChI is InChI=1S/C31H35F3N4O2/c1-21-5-10-26(34)18-28(21)36-30(39)20-38-17-16-37(19-29(38)31(35)40)15-3-2-4-27(22-6-11-24(32)12-7-22)23-8-13-25(33)14-9-23/h5-14,18,27,29H,2-4,15-17,19-20H2,1H3,(H2,35,40)(H,36,39). The van der Waals surface area contributed by atoms with Gasteiger partial charge in [-0.1, -0.05) is 36.8 Å². The van der Waals surface area contributed by atoms with Gasteiger partial charge in [0.15, 0.2) is 0 Å². The van der Waals surface area contributed by atoms with E-state index in [2.05, 4.69) is 10.2 Å². The van der Waals surface area contributed by atoms with Crippen molar-refractivity contribution in [3.05, 3.63) is 101 Å². The summed E-state index contributed by atoms with van der Waals surface area (Å²) in [6, 6.07) is 16.4. The first-order valence-electron chi connectivity index (χ1n) is 13.5. The molecular weight excluding hydrogens is 517 g/mol. The maximum atomic E-state index is 13.6. The highest BCUT2D eigenvalue weighted by Gasteiger charge is 2.32. The Morgan fingerprint density at radius 3 is 2.10 bits per heavy atom. The van der Waals surface area contributed by atoms with E-state index in [1.807, 2.05) is 0 Å². The Balaban J connectivity index is 1.30. The molecule has 40 heavy (non-hydrogen) atoms. The van der Waals surface area contributed by atoms with Gasteiger partial charge in [-0.3, -0.25) is 19.4 Å². The van der Waals surface area contributed by atoms with Crippen molar-refractivity contribution >= 4 is 17.5 Å². The van der Waals surface area contributed by atoms with Crippen LogP contribution in [0.2, 0.25) is 0 Å². The molecule has 1 fully saturated rings. The molecule has 4 rings (SSSR count). The van der Waals surface area contributed by atoms with Crippen molar-refractivity contribution in [1.29, 1.82) is 0 Å². The maximum Gasteiger partial charge on any atom is 0.238 e. The Kier molecular flexibility index (Phi) is 9.95. The van der Waals surface area contributed by atoms with E-state index >= 15 is 0 Å². The third kappa shape index (κ3) is 7.92. The van der Waals surface area contributed by atoms with Crippen LogP contribution in [0.1, 0.15) is 41.9 Å². The molecule has 1 atom stereocenters. The summed E-state index contributed by atoms with van der Waals surface area (Å²) in [7, 11) is 0. The first kappa shape index (κ1) is 29.3. The van der Waals surface area contributed by atoms with Gasteiger partial charge >= 0.3 is 0 Å². The molecule has 0 saturated carbocycles. The molecule has 1 unspecified atom stereocenters. The van der Waals surface area contributed by atoms with Gasteiger partial charge in [-0.05, 0) is 79.4 Å². The number of piperazine rings is 1. The maximum absolute atomic E-state index is 13.6. The number of unbranched alkanes of at least 4 members (excludes halogenated alkanes) is 1. The van der Waals surface area contributed by atoms with Crippen molar-refractivity contribution in [2.24, 2.45) is 5.73 Å². The Morgan fingerprint density at radius 1 is 0.900 bits per heavy atom. The van der Waals surface area contributed by atoms with Crippen LogP contribution in [0.15, 0.2) is 66.7 Å². The molecule has 2 amide bonds. The Bertz CT molecular complexity index is 1260. The zero-order valence-electron chi connectivity index (χ0n) is 22.6. The molecule has 0 radical (unpaired) electrons. The predicted octanol–water partition coefficient (Wildman–Crippen LogP) is 4.82. The molecular formula is C31H35F3N4O2. The molecule has 6 nitrogen and oxygen atoms in total. The smallest absolute Gasteiger partial charge is 0.238 e.